The molecule has 1 fully saturated rings. The van der Waals surface area contributed by atoms with Gasteiger partial charge >= 0.3 is 5.97 Å². The van der Waals surface area contributed by atoms with Crippen LogP contribution in [0.4, 0.5) is 0 Å². The fourth-order valence-corrected chi connectivity index (χ4v) is 4.97. The van der Waals surface area contributed by atoms with Gasteiger partial charge in [-0.1, -0.05) is 56.3 Å². The maximum atomic E-state index is 12.3. The molecule has 0 spiro atoms. The van der Waals surface area contributed by atoms with Crippen LogP contribution < -0.4 is 5.32 Å². The third-order valence-electron chi connectivity index (χ3n) is 7.00. The standard InChI is InChI=1S/C29H44N4O2/c1-6-31(7-2)18-23(3)30-17-26-12-11-13-27(16-26)21-33-24(4)19-32(20-25(33)5)22-35-29(34)28-14-9-8-10-15-28/h8-16,23-25,30H,6-7,17-22H2,1-5H3/t23?,24-,25+. The van der Waals surface area contributed by atoms with Gasteiger partial charge in [-0.15, -0.1) is 0 Å². The van der Waals surface area contributed by atoms with Crippen molar-refractivity contribution in [3.05, 3.63) is 71.3 Å². The number of esters is 1. The van der Waals surface area contributed by atoms with Crippen molar-refractivity contribution in [3.63, 3.8) is 0 Å². The molecule has 0 aliphatic carbocycles. The molecular formula is C29H44N4O2. The molecule has 1 saturated heterocycles. The number of likely N-dealkylation sites (N-methyl/N-ethyl adjacent to an activating group) is 1. The highest BCUT2D eigenvalue weighted by Gasteiger charge is 2.30. The van der Waals surface area contributed by atoms with E-state index in [4.69, 9.17) is 4.74 Å². The molecule has 35 heavy (non-hydrogen) atoms. The monoisotopic (exact) mass is 480 g/mol. The second-order valence-corrected chi connectivity index (χ2v) is 9.92. The van der Waals surface area contributed by atoms with Crippen LogP contribution in [0.25, 0.3) is 0 Å². The van der Waals surface area contributed by atoms with Crippen molar-refractivity contribution in [1.82, 2.24) is 20.0 Å². The van der Waals surface area contributed by atoms with Gasteiger partial charge < -0.3 is 15.0 Å². The first-order valence-corrected chi connectivity index (χ1v) is 13.1. The van der Waals surface area contributed by atoms with Crippen molar-refractivity contribution in [2.24, 2.45) is 0 Å². The summed E-state index contributed by atoms with van der Waals surface area (Å²) in [5, 5.41) is 3.68. The number of hydrogen-bond donors (Lipinski definition) is 1. The summed E-state index contributed by atoms with van der Waals surface area (Å²) in [6.45, 7) is 18.4. The van der Waals surface area contributed by atoms with Crippen LogP contribution in [0, 0.1) is 0 Å². The molecule has 2 aromatic rings. The average molecular weight is 481 g/mol. The fourth-order valence-electron chi connectivity index (χ4n) is 4.97. The summed E-state index contributed by atoms with van der Waals surface area (Å²) in [6.07, 6.45) is 0. The summed E-state index contributed by atoms with van der Waals surface area (Å²) in [4.78, 5) is 19.6. The van der Waals surface area contributed by atoms with E-state index in [9.17, 15) is 4.79 Å². The van der Waals surface area contributed by atoms with Crippen molar-refractivity contribution in [3.8, 4) is 0 Å². The summed E-state index contributed by atoms with van der Waals surface area (Å²) < 4.78 is 5.58. The van der Waals surface area contributed by atoms with Crippen LogP contribution in [0.2, 0.25) is 0 Å². The van der Waals surface area contributed by atoms with Crippen LogP contribution in [-0.4, -0.2) is 78.2 Å². The van der Waals surface area contributed by atoms with Crippen molar-refractivity contribution in [2.45, 2.75) is 65.8 Å². The van der Waals surface area contributed by atoms with Crippen LogP contribution in [-0.2, 0) is 17.8 Å². The van der Waals surface area contributed by atoms with Gasteiger partial charge in [-0.05, 0) is 57.1 Å². The second kappa shape index (κ2) is 13.7. The first-order chi connectivity index (χ1) is 16.9. The molecule has 1 unspecified atom stereocenters. The smallest absolute Gasteiger partial charge is 0.339 e. The Morgan fingerprint density at radius 3 is 2.34 bits per heavy atom. The lowest BCUT2D eigenvalue weighted by Gasteiger charge is -2.44. The Morgan fingerprint density at radius 1 is 1.03 bits per heavy atom. The normalized spacial score (nSPS) is 20.2. The molecule has 1 heterocycles. The molecule has 1 aliphatic rings. The summed E-state index contributed by atoms with van der Waals surface area (Å²) in [5.41, 5.74) is 3.29. The van der Waals surface area contributed by atoms with Crippen molar-refractivity contribution >= 4 is 5.97 Å². The zero-order valence-electron chi connectivity index (χ0n) is 22.2. The first-order valence-electron chi connectivity index (χ1n) is 13.1. The van der Waals surface area contributed by atoms with Gasteiger partial charge in [0, 0.05) is 50.8 Å². The third-order valence-corrected chi connectivity index (χ3v) is 7.00. The van der Waals surface area contributed by atoms with E-state index in [2.05, 4.69) is 78.9 Å². The van der Waals surface area contributed by atoms with E-state index < -0.39 is 0 Å². The Morgan fingerprint density at radius 2 is 1.69 bits per heavy atom. The highest BCUT2D eigenvalue weighted by molar-refractivity contribution is 5.89. The molecule has 0 aromatic heterocycles. The van der Waals surface area contributed by atoms with Gasteiger partial charge in [0.15, 0.2) is 0 Å². The molecule has 0 radical (unpaired) electrons. The molecule has 3 rings (SSSR count). The lowest BCUT2D eigenvalue weighted by atomic mass is 10.0. The summed E-state index contributed by atoms with van der Waals surface area (Å²) >= 11 is 0. The predicted octanol–water partition coefficient (Wildman–Crippen LogP) is 4.22. The number of rotatable bonds is 12. The van der Waals surface area contributed by atoms with E-state index in [-0.39, 0.29) is 5.97 Å². The third kappa shape index (κ3) is 8.43. The van der Waals surface area contributed by atoms with Crippen LogP contribution in [0.15, 0.2) is 54.6 Å². The molecule has 6 nitrogen and oxygen atoms in total. The lowest BCUT2D eigenvalue weighted by molar-refractivity contribution is -0.0250. The van der Waals surface area contributed by atoms with Gasteiger partial charge in [-0.3, -0.25) is 9.80 Å². The van der Waals surface area contributed by atoms with Crippen molar-refractivity contribution < 1.29 is 9.53 Å². The number of carbonyl (C=O) groups is 1. The largest absolute Gasteiger partial charge is 0.446 e. The maximum absolute atomic E-state index is 12.3. The van der Waals surface area contributed by atoms with E-state index in [1.807, 2.05) is 18.2 Å². The number of nitrogens with one attached hydrogen (secondary N) is 1. The molecule has 6 heteroatoms. The number of benzene rings is 2. The van der Waals surface area contributed by atoms with E-state index >= 15 is 0 Å². The van der Waals surface area contributed by atoms with Crippen molar-refractivity contribution in [2.75, 3.05) is 39.5 Å². The van der Waals surface area contributed by atoms with Gasteiger partial charge in [-0.2, -0.15) is 0 Å². The molecular weight excluding hydrogens is 436 g/mol. The number of hydrogen-bond acceptors (Lipinski definition) is 6. The van der Waals surface area contributed by atoms with Crippen molar-refractivity contribution in [1.29, 1.82) is 0 Å². The van der Waals surface area contributed by atoms with E-state index in [1.165, 1.54) is 11.1 Å². The van der Waals surface area contributed by atoms with Gasteiger partial charge in [0.25, 0.3) is 0 Å². The minimum atomic E-state index is -0.259. The number of piperazine rings is 1. The molecule has 2 aromatic carbocycles. The molecule has 192 valence electrons. The minimum Gasteiger partial charge on any atom is -0.446 e. The van der Waals surface area contributed by atoms with Crippen LogP contribution in [0.5, 0.6) is 0 Å². The maximum Gasteiger partial charge on any atom is 0.339 e. The first kappa shape index (κ1) is 27.3. The highest BCUT2D eigenvalue weighted by atomic mass is 16.5. The fraction of sp³-hybridized carbons (Fsp3) is 0.552. The van der Waals surface area contributed by atoms with Gasteiger partial charge in [-0.25, -0.2) is 4.79 Å². The van der Waals surface area contributed by atoms with E-state index in [0.29, 0.717) is 30.4 Å². The highest BCUT2D eigenvalue weighted by Crippen LogP contribution is 2.20. The number of ether oxygens (including phenoxy) is 1. The SMILES string of the molecule is CCN(CC)CC(C)NCc1cccc(CN2[C@H](C)CN(COC(=O)c3ccccc3)C[C@@H]2C)c1. The molecule has 0 saturated carbocycles. The predicted molar refractivity (Wildman–Crippen MR) is 143 cm³/mol. The minimum absolute atomic E-state index is 0.259. The lowest BCUT2D eigenvalue weighted by Crippen LogP contribution is -2.56. The topological polar surface area (TPSA) is 48.0 Å². The molecule has 1 N–H and O–H groups in total. The molecule has 0 amide bonds. The van der Waals surface area contributed by atoms with E-state index in [1.54, 1.807) is 12.1 Å². The Kier molecular flexibility index (Phi) is 10.7. The van der Waals surface area contributed by atoms with Gasteiger partial charge in [0.1, 0.15) is 6.73 Å². The Hall–Kier alpha value is -2.25. The zero-order chi connectivity index (χ0) is 25.2. The van der Waals surface area contributed by atoms with Crippen LogP contribution >= 0.6 is 0 Å². The number of nitrogens with zero attached hydrogens (tertiary/aromatic N) is 3. The molecule has 0 bridgehead atoms. The van der Waals surface area contributed by atoms with Gasteiger partial charge in [0.05, 0.1) is 5.56 Å². The number of carbonyl (C=O) groups excluding carboxylic acids is 1. The molecule has 3 atom stereocenters. The van der Waals surface area contributed by atoms with Crippen LogP contribution in [0.1, 0.15) is 56.1 Å². The Bertz CT molecular complexity index is 891. The quantitative estimate of drug-likeness (QED) is 0.459. The van der Waals surface area contributed by atoms with Gasteiger partial charge in [0.2, 0.25) is 0 Å². The average Bonchev–Trinajstić information content (AvgIpc) is 2.87. The Balaban J connectivity index is 1.48. The van der Waals surface area contributed by atoms with E-state index in [0.717, 1.165) is 45.8 Å². The zero-order valence-corrected chi connectivity index (χ0v) is 22.2. The summed E-state index contributed by atoms with van der Waals surface area (Å²) in [6, 6.07) is 19.4. The van der Waals surface area contributed by atoms with Crippen LogP contribution in [0.3, 0.4) is 0 Å². The molecule has 1 aliphatic heterocycles. The second-order valence-electron chi connectivity index (χ2n) is 9.92. The summed E-state index contributed by atoms with van der Waals surface area (Å²) in [5.74, 6) is -0.259. The Labute approximate surface area is 212 Å². The summed E-state index contributed by atoms with van der Waals surface area (Å²) in [7, 11) is 0.